The van der Waals surface area contributed by atoms with Gasteiger partial charge in [-0.25, -0.2) is 0 Å². The Morgan fingerprint density at radius 1 is 1.08 bits per heavy atom. The molecule has 0 radical (unpaired) electrons. The van der Waals surface area contributed by atoms with Crippen LogP contribution in [0, 0.1) is 0 Å². The summed E-state index contributed by atoms with van der Waals surface area (Å²) >= 11 is 0. The molecule has 0 aromatic carbocycles. The summed E-state index contributed by atoms with van der Waals surface area (Å²) in [5.41, 5.74) is 0. The molecular formula is C10H22O2. The van der Waals surface area contributed by atoms with Gasteiger partial charge in [-0.1, -0.05) is 32.6 Å². The molecular weight excluding hydrogens is 152 g/mol. The zero-order chi connectivity index (χ0) is 9.23. The molecule has 0 aromatic rings. The molecule has 0 N–H and O–H groups in total. The second-order valence-corrected chi connectivity index (χ2v) is 3.16. The molecule has 0 bridgehead atoms. The van der Waals surface area contributed by atoms with Crippen LogP contribution in [-0.2, 0) is 9.47 Å². The van der Waals surface area contributed by atoms with Gasteiger partial charge >= 0.3 is 0 Å². The minimum Gasteiger partial charge on any atom is -0.382 e. The van der Waals surface area contributed by atoms with Crippen LogP contribution >= 0.6 is 0 Å². The van der Waals surface area contributed by atoms with E-state index in [0.29, 0.717) is 6.10 Å². The number of hydrogen-bond donors (Lipinski definition) is 0. The van der Waals surface area contributed by atoms with Crippen LogP contribution in [0.25, 0.3) is 0 Å². The minimum absolute atomic E-state index is 0.298. The summed E-state index contributed by atoms with van der Waals surface area (Å²) in [5.74, 6) is 0. The lowest BCUT2D eigenvalue weighted by atomic mass is 10.1. The van der Waals surface area contributed by atoms with Gasteiger partial charge < -0.3 is 9.47 Å². The highest BCUT2D eigenvalue weighted by molar-refractivity contribution is 4.55. The van der Waals surface area contributed by atoms with Crippen LogP contribution in [0.1, 0.15) is 39.0 Å². The highest BCUT2D eigenvalue weighted by atomic mass is 16.5. The van der Waals surface area contributed by atoms with E-state index < -0.39 is 0 Å². The van der Waals surface area contributed by atoms with E-state index in [0.717, 1.165) is 13.0 Å². The van der Waals surface area contributed by atoms with Crippen LogP contribution in [-0.4, -0.2) is 26.9 Å². The molecule has 0 fully saturated rings. The summed E-state index contributed by atoms with van der Waals surface area (Å²) in [6, 6.07) is 0. The van der Waals surface area contributed by atoms with Gasteiger partial charge in [0.15, 0.2) is 0 Å². The zero-order valence-corrected chi connectivity index (χ0v) is 8.64. The fourth-order valence-electron chi connectivity index (χ4n) is 1.25. The molecule has 2 heteroatoms. The van der Waals surface area contributed by atoms with Gasteiger partial charge in [-0.05, 0) is 6.42 Å². The maximum atomic E-state index is 5.25. The quantitative estimate of drug-likeness (QED) is 0.527. The Morgan fingerprint density at radius 2 is 1.83 bits per heavy atom. The predicted molar refractivity (Wildman–Crippen MR) is 51.4 cm³/mol. The highest BCUT2D eigenvalue weighted by Gasteiger charge is 2.04. The number of methoxy groups -OCH3 is 2. The van der Waals surface area contributed by atoms with Crippen molar-refractivity contribution in [3.05, 3.63) is 0 Å². The average Bonchev–Trinajstić information content (AvgIpc) is 2.10. The molecule has 0 rings (SSSR count). The molecule has 0 aliphatic rings. The molecule has 0 aromatic heterocycles. The third-order valence-electron chi connectivity index (χ3n) is 2.07. The third kappa shape index (κ3) is 6.62. The fourth-order valence-corrected chi connectivity index (χ4v) is 1.25. The van der Waals surface area contributed by atoms with Crippen LogP contribution in [0.2, 0.25) is 0 Å². The molecule has 12 heavy (non-hydrogen) atoms. The second kappa shape index (κ2) is 9.01. The van der Waals surface area contributed by atoms with E-state index in [1.54, 1.807) is 14.2 Å². The van der Waals surface area contributed by atoms with Gasteiger partial charge in [0.05, 0.1) is 12.7 Å². The van der Waals surface area contributed by atoms with Crippen molar-refractivity contribution in [1.82, 2.24) is 0 Å². The number of ether oxygens (including phenoxy) is 2. The average molecular weight is 174 g/mol. The van der Waals surface area contributed by atoms with E-state index in [4.69, 9.17) is 9.47 Å². The van der Waals surface area contributed by atoms with Crippen molar-refractivity contribution in [1.29, 1.82) is 0 Å². The molecule has 0 heterocycles. The van der Waals surface area contributed by atoms with Gasteiger partial charge in [0, 0.05) is 14.2 Å². The van der Waals surface area contributed by atoms with Gasteiger partial charge in [-0.2, -0.15) is 0 Å². The molecule has 0 saturated carbocycles. The van der Waals surface area contributed by atoms with Crippen molar-refractivity contribution < 1.29 is 9.47 Å². The highest BCUT2D eigenvalue weighted by Crippen LogP contribution is 2.07. The predicted octanol–water partition coefficient (Wildman–Crippen LogP) is 2.62. The van der Waals surface area contributed by atoms with Crippen LogP contribution in [0.4, 0.5) is 0 Å². The summed E-state index contributed by atoms with van der Waals surface area (Å²) < 4.78 is 10.3. The Bertz CT molecular complexity index is 83.9. The van der Waals surface area contributed by atoms with E-state index in [2.05, 4.69) is 6.92 Å². The Labute approximate surface area is 76.3 Å². The van der Waals surface area contributed by atoms with Crippen molar-refractivity contribution in [3.8, 4) is 0 Å². The van der Waals surface area contributed by atoms with E-state index in [1.807, 2.05) is 0 Å². The molecule has 0 aliphatic carbocycles. The lowest BCUT2D eigenvalue weighted by molar-refractivity contribution is 0.0220. The van der Waals surface area contributed by atoms with Crippen LogP contribution in [0.15, 0.2) is 0 Å². The lowest BCUT2D eigenvalue weighted by Crippen LogP contribution is -2.16. The standard InChI is InChI=1S/C10H22O2/c1-4-5-6-7-8-10(12-3)9-11-2/h10H,4-9H2,1-3H3. The SMILES string of the molecule is CCCCCCC(COC)OC. The molecule has 1 atom stereocenters. The van der Waals surface area contributed by atoms with Crippen molar-refractivity contribution in [2.45, 2.75) is 45.1 Å². The Kier molecular flexibility index (Phi) is 8.95. The summed E-state index contributed by atoms with van der Waals surface area (Å²) in [6.45, 7) is 2.95. The lowest BCUT2D eigenvalue weighted by Gasteiger charge is -2.13. The number of unbranched alkanes of at least 4 members (excludes halogenated alkanes) is 3. The van der Waals surface area contributed by atoms with Crippen LogP contribution in [0.3, 0.4) is 0 Å². The maximum Gasteiger partial charge on any atom is 0.0804 e. The van der Waals surface area contributed by atoms with Gasteiger partial charge in [0.2, 0.25) is 0 Å². The summed E-state index contributed by atoms with van der Waals surface area (Å²) in [4.78, 5) is 0. The summed E-state index contributed by atoms with van der Waals surface area (Å²) in [7, 11) is 3.47. The minimum atomic E-state index is 0.298. The summed E-state index contributed by atoms with van der Waals surface area (Å²) in [5, 5.41) is 0. The number of rotatable bonds is 8. The molecule has 0 saturated heterocycles. The van der Waals surface area contributed by atoms with E-state index in [9.17, 15) is 0 Å². The number of hydrogen-bond acceptors (Lipinski definition) is 2. The molecule has 74 valence electrons. The van der Waals surface area contributed by atoms with E-state index in [-0.39, 0.29) is 0 Å². The maximum absolute atomic E-state index is 5.25. The van der Waals surface area contributed by atoms with E-state index in [1.165, 1.54) is 25.7 Å². The van der Waals surface area contributed by atoms with Crippen molar-refractivity contribution in [2.24, 2.45) is 0 Å². The van der Waals surface area contributed by atoms with Crippen molar-refractivity contribution in [2.75, 3.05) is 20.8 Å². The first-order valence-electron chi connectivity index (χ1n) is 4.86. The monoisotopic (exact) mass is 174 g/mol. The first kappa shape index (κ1) is 11.9. The first-order chi connectivity index (χ1) is 5.85. The molecule has 0 amide bonds. The van der Waals surface area contributed by atoms with Gasteiger partial charge in [-0.15, -0.1) is 0 Å². The molecule has 0 spiro atoms. The molecule has 1 unspecified atom stereocenters. The molecule has 2 nitrogen and oxygen atoms in total. The second-order valence-electron chi connectivity index (χ2n) is 3.16. The third-order valence-corrected chi connectivity index (χ3v) is 2.07. The first-order valence-corrected chi connectivity index (χ1v) is 4.86. The topological polar surface area (TPSA) is 18.5 Å². The van der Waals surface area contributed by atoms with Crippen LogP contribution < -0.4 is 0 Å². The summed E-state index contributed by atoms with van der Waals surface area (Å²) in [6.07, 6.45) is 6.64. The Morgan fingerprint density at radius 3 is 2.33 bits per heavy atom. The van der Waals surface area contributed by atoms with Gasteiger partial charge in [-0.3, -0.25) is 0 Å². The Balaban J connectivity index is 3.19. The zero-order valence-electron chi connectivity index (χ0n) is 8.64. The smallest absolute Gasteiger partial charge is 0.0804 e. The largest absolute Gasteiger partial charge is 0.382 e. The molecule has 0 aliphatic heterocycles. The van der Waals surface area contributed by atoms with Gasteiger partial charge in [0.25, 0.3) is 0 Å². The van der Waals surface area contributed by atoms with Gasteiger partial charge in [0.1, 0.15) is 0 Å². The normalized spacial score (nSPS) is 13.2. The Hall–Kier alpha value is -0.0800. The van der Waals surface area contributed by atoms with Crippen LogP contribution in [0.5, 0.6) is 0 Å². The van der Waals surface area contributed by atoms with Crippen molar-refractivity contribution >= 4 is 0 Å². The fraction of sp³-hybridized carbons (Fsp3) is 1.00. The van der Waals surface area contributed by atoms with E-state index >= 15 is 0 Å². The van der Waals surface area contributed by atoms with Crippen molar-refractivity contribution in [3.63, 3.8) is 0 Å².